The molecule has 1 N–H and O–H groups in total. The van der Waals surface area contributed by atoms with Crippen LogP contribution in [0.5, 0.6) is 0 Å². The Kier molecular flexibility index (Phi) is 9.93. The number of fused-ring (bicyclic) bond motifs is 2. The van der Waals surface area contributed by atoms with Crippen LogP contribution in [0.1, 0.15) is 42.7 Å². The van der Waals surface area contributed by atoms with Crippen LogP contribution >= 0.6 is 0 Å². The molecule has 1 aromatic heterocycles. The van der Waals surface area contributed by atoms with Crippen molar-refractivity contribution in [3.63, 3.8) is 0 Å². The van der Waals surface area contributed by atoms with Crippen LogP contribution < -0.4 is 4.90 Å². The van der Waals surface area contributed by atoms with Gasteiger partial charge in [0.1, 0.15) is 5.69 Å². The summed E-state index contributed by atoms with van der Waals surface area (Å²) >= 11 is 0. The lowest BCUT2D eigenvalue weighted by molar-refractivity contribution is -0.136. The number of benzene rings is 1. The van der Waals surface area contributed by atoms with E-state index in [0.29, 0.717) is 43.7 Å². The van der Waals surface area contributed by atoms with Crippen LogP contribution in [0.3, 0.4) is 0 Å². The molecular weight excluding hydrogens is 498 g/mol. The first-order chi connectivity index (χ1) is 18.7. The van der Waals surface area contributed by atoms with Gasteiger partial charge in [-0.25, -0.2) is 0 Å². The van der Waals surface area contributed by atoms with Gasteiger partial charge in [0.05, 0.1) is 31.6 Å². The van der Waals surface area contributed by atoms with Gasteiger partial charge in [0.2, 0.25) is 5.91 Å². The lowest BCUT2D eigenvalue weighted by Gasteiger charge is -2.35. The first-order valence-electron chi connectivity index (χ1n) is 13.9. The fraction of sp³-hybridized carbons (Fsp3) is 0.643. The van der Waals surface area contributed by atoms with E-state index in [1.165, 1.54) is 0 Å². The number of hydrogen-bond donors (Lipinski definition) is 1. The Bertz CT molecular complexity index is 1080. The van der Waals surface area contributed by atoms with Gasteiger partial charge in [0, 0.05) is 76.5 Å². The number of nitrogens with zero attached hydrogens (tertiary/aromatic N) is 7. The van der Waals surface area contributed by atoms with E-state index >= 15 is 0 Å². The van der Waals surface area contributed by atoms with Crippen LogP contribution in [0.25, 0.3) is 0 Å². The SMILES string of the molecule is C[C@@H]1CN([C@H](C)CO)C(=O)CCCn2cc(nn2)CO[C@@H]1CN(C)C(=O)c1ccc(N2CCN(C)CC2)cc1. The summed E-state index contributed by atoms with van der Waals surface area (Å²) in [5.41, 5.74) is 2.47. The summed E-state index contributed by atoms with van der Waals surface area (Å²) in [7, 11) is 3.92. The highest BCUT2D eigenvalue weighted by molar-refractivity contribution is 5.94. The van der Waals surface area contributed by atoms with Gasteiger partial charge in [0.25, 0.3) is 5.91 Å². The predicted octanol–water partition coefficient (Wildman–Crippen LogP) is 1.33. The molecule has 2 amide bonds. The fourth-order valence-corrected chi connectivity index (χ4v) is 5.15. The van der Waals surface area contributed by atoms with Gasteiger partial charge in [-0.3, -0.25) is 14.3 Å². The number of aliphatic hydroxyl groups is 1. The maximum Gasteiger partial charge on any atom is 0.253 e. The van der Waals surface area contributed by atoms with E-state index in [1.807, 2.05) is 44.3 Å². The normalized spacial score (nSPS) is 22.5. The van der Waals surface area contributed by atoms with E-state index in [9.17, 15) is 14.7 Å². The van der Waals surface area contributed by atoms with Gasteiger partial charge >= 0.3 is 0 Å². The van der Waals surface area contributed by atoms with Crippen molar-refractivity contribution in [2.24, 2.45) is 5.92 Å². The number of likely N-dealkylation sites (N-methyl/N-ethyl adjacent to an activating group) is 2. The number of carbonyl (C=O) groups excluding carboxylic acids is 2. The Morgan fingerprint density at radius 1 is 1.18 bits per heavy atom. The Morgan fingerprint density at radius 3 is 2.59 bits per heavy atom. The van der Waals surface area contributed by atoms with Crippen molar-refractivity contribution < 1.29 is 19.4 Å². The largest absolute Gasteiger partial charge is 0.394 e. The number of ether oxygens (including phenoxy) is 1. The molecule has 0 radical (unpaired) electrons. The van der Waals surface area contributed by atoms with Crippen molar-refractivity contribution in [1.82, 2.24) is 29.7 Å². The van der Waals surface area contributed by atoms with E-state index in [4.69, 9.17) is 4.74 Å². The fourth-order valence-electron chi connectivity index (χ4n) is 5.15. The lowest BCUT2D eigenvalue weighted by atomic mass is 10.0. The standard InChI is InChI=1S/C28H43N7O4/c1-21-16-35(22(2)19-36)27(37)6-5-11-34-17-24(29-30-34)20-39-26(21)18-32(4)28(38)23-7-9-25(10-8-23)33-14-12-31(3)13-15-33/h7-10,17,21-22,26,36H,5-6,11-16,18-20H2,1-4H3/t21-,22-,26-/m1/s1. The number of rotatable bonds is 6. The first-order valence-corrected chi connectivity index (χ1v) is 13.9. The van der Waals surface area contributed by atoms with Gasteiger partial charge in [-0.1, -0.05) is 12.1 Å². The predicted molar refractivity (Wildman–Crippen MR) is 148 cm³/mol. The molecular formula is C28H43N7O4. The average molecular weight is 542 g/mol. The molecule has 11 heteroatoms. The second kappa shape index (κ2) is 13.4. The molecule has 11 nitrogen and oxygen atoms in total. The van der Waals surface area contributed by atoms with Crippen LogP contribution in [-0.4, -0.2) is 119 Å². The lowest BCUT2D eigenvalue weighted by Crippen LogP contribution is -2.47. The molecule has 2 bridgehead atoms. The van der Waals surface area contributed by atoms with Crippen LogP contribution in [0.2, 0.25) is 0 Å². The zero-order chi connectivity index (χ0) is 27.9. The highest BCUT2D eigenvalue weighted by Crippen LogP contribution is 2.20. The molecule has 0 saturated carbocycles. The van der Waals surface area contributed by atoms with Crippen molar-refractivity contribution in [3.05, 3.63) is 41.7 Å². The number of piperazine rings is 1. The number of aromatic nitrogens is 3. The van der Waals surface area contributed by atoms with E-state index in [-0.39, 0.29) is 43.1 Å². The van der Waals surface area contributed by atoms with Crippen LogP contribution in [0, 0.1) is 5.92 Å². The molecule has 3 heterocycles. The minimum atomic E-state index is -0.351. The van der Waals surface area contributed by atoms with Gasteiger partial charge < -0.3 is 29.4 Å². The Morgan fingerprint density at radius 2 is 1.90 bits per heavy atom. The Hall–Kier alpha value is -3.02. The van der Waals surface area contributed by atoms with Crippen molar-refractivity contribution in [2.75, 3.05) is 64.9 Å². The minimum Gasteiger partial charge on any atom is -0.394 e. The topological polar surface area (TPSA) is 107 Å². The van der Waals surface area contributed by atoms with Gasteiger partial charge in [-0.05, 0) is 44.7 Å². The van der Waals surface area contributed by atoms with Crippen LogP contribution in [0.15, 0.2) is 30.5 Å². The zero-order valence-electron chi connectivity index (χ0n) is 23.7. The molecule has 0 aliphatic carbocycles. The van der Waals surface area contributed by atoms with Crippen molar-refractivity contribution in [3.8, 4) is 0 Å². The molecule has 1 aromatic carbocycles. The molecule has 2 aliphatic rings. The summed E-state index contributed by atoms with van der Waals surface area (Å²) < 4.78 is 8.03. The van der Waals surface area contributed by atoms with E-state index in [1.54, 1.807) is 21.5 Å². The summed E-state index contributed by atoms with van der Waals surface area (Å²) in [6, 6.07) is 7.52. The first kappa shape index (κ1) is 29.0. The highest BCUT2D eigenvalue weighted by atomic mass is 16.5. The molecule has 1 saturated heterocycles. The minimum absolute atomic E-state index is 0.00777. The number of anilines is 1. The van der Waals surface area contributed by atoms with E-state index < -0.39 is 0 Å². The summed E-state index contributed by atoms with van der Waals surface area (Å²) in [5.74, 6) is -0.179. The van der Waals surface area contributed by atoms with E-state index in [0.717, 1.165) is 31.9 Å². The van der Waals surface area contributed by atoms with Gasteiger partial charge in [-0.15, -0.1) is 5.10 Å². The molecule has 1 fully saturated rings. The molecule has 39 heavy (non-hydrogen) atoms. The second-order valence-corrected chi connectivity index (χ2v) is 11.0. The van der Waals surface area contributed by atoms with Crippen LogP contribution in [-0.2, 0) is 22.7 Å². The van der Waals surface area contributed by atoms with Crippen LogP contribution in [0.4, 0.5) is 5.69 Å². The number of amides is 2. The molecule has 214 valence electrons. The quantitative estimate of drug-likeness (QED) is 0.584. The average Bonchev–Trinajstić information content (AvgIpc) is 3.40. The number of aliphatic hydroxyl groups excluding tert-OH is 1. The third kappa shape index (κ3) is 7.55. The molecule has 4 rings (SSSR count). The third-order valence-corrected chi connectivity index (χ3v) is 7.83. The maximum absolute atomic E-state index is 13.4. The summed E-state index contributed by atoms with van der Waals surface area (Å²) in [6.45, 7) is 9.40. The monoisotopic (exact) mass is 541 g/mol. The summed E-state index contributed by atoms with van der Waals surface area (Å²) in [5, 5.41) is 18.2. The smallest absolute Gasteiger partial charge is 0.253 e. The number of carbonyl (C=O) groups is 2. The number of hydrogen-bond acceptors (Lipinski definition) is 8. The van der Waals surface area contributed by atoms with Gasteiger partial charge in [0.15, 0.2) is 0 Å². The molecule has 2 aliphatic heterocycles. The molecule has 0 unspecified atom stereocenters. The molecule has 3 atom stereocenters. The van der Waals surface area contributed by atoms with E-state index in [2.05, 4.69) is 27.2 Å². The number of aryl methyl sites for hydroxylation is 1. The maximum atomic E-state index is 13.4. The van der Waals surface area contributed by atoms with Gasteiger partial charge in [-0.2, -0.15) is 0 Å². The third-order valence-electron chi connectivity index (χ3n) is 7.83. The van der Waals surface area contributed by atoms with Crippen molar-refractivity contribution in [2.45, 2.75) is 52.0 Å². The Balaban J connectivity index is 1.46. The Labute approximate surface area is 231 Å². The molecule has 0 spiro atoms. The zero-order valence-corrected chi connectivity index (χ0v) is 23.7. The highest BCUT2D eigenvalue weighted by Gasteiger charge is 2.29. The van der Waals surface area contributed by atoms with Crippen molar-refractivity contribution >= 4 is 17.5 Å². The summed E-state index contributed by atoms with van der Waals surface area (Å²) in [4.78, 5) is 34.5. The summed E-state index contributed by atoms with van der Waals surface area (Å²) in [6.07, 6.45) is 2.49. The molecule has 2 aromatic rings. The second-order valence-electron chi connectivity index (χ2n) is 11.0. The van der Waals surface area contributed by atoms with Crippen molar-refractivity contribution in [1.29, 1.82) is 0 Å².